The lowest BCUT2D eigenvalue weighted by molar-refractivity contribution is -0.137. The number of rotatable bonds is 6. The molecule has 3 aromatic rings. The largest absolute Gasteiger partial charge is 0.361 e. The number of carbonyl (C=O) groups is 2. The maximum Gasteiger partial charge on any atom is 0.230 e. The highest BCUT2D eigenvalue weighted by Gasteiger charge is 2.66. The Hall–Kier alpha value is -3.45. The van der Waals surface area contributed by atoms with E-state index in [-0.39, 0.29) is 17.9 Å². The molecule has 32 heavy (non-hydrogen) atoms. The smallest absolute Gasteiger partial charge is 0.230 e. The van der Waals surface area contributed by atoms with Gasteiger partial charge < -0.3 is 19.9 Å². The van der Waals surface area contributed by atoms with Crippen molar-refractivity contribution in [3.63, 3.8) is 0 Å². The van der Waals surface area contributed by atoms with Crippen LogP contribution in [0, 0.1) is 11.8 Å². The van der Waals surface area contributed by atoms with E-state index in [4.69, 9.17) is 4.74 Å². The highest BCUT2D eigenvalue weighted by atomic mass is 16.5. The van der Waals surface area contributed by atoms with E-state index < -0.39 is 17.4 Å². The average molecular weight is 428 g/mol. The van der Waals surface area contributed by atoms with Gasteiger partial charge in [-0.1, -0.05) is 36.4 Å². The van der Waals surface area contributed by atoms with Crippen molar-refractivity contribution in [2.45, 2.75) is 24.7 Å². The molecule has 3 aliphatic heterocycles. The number of aromatic nitrogens is 2. The van der Waals surface area contributed by atoms with E-state index in [9.17, 15) is 9.59 Å². The molecule has 2 saturated heterocycles. The first kappa shape index (κ1) is 19.3. The molecule has 162 valence electrons. The summed E-state index contributed by atoms with van der Waals surface area (Å²) in [6, 6.07) is 13.8. The van der Waals surface area contributed by atoms with Gasteiger partial charge in [-0.25, -0.2) is 0 Å². The zero-order chi connectivity index (χ0) is 21.7. The van der Waals surface area contributed by atoms with Gasteiger partial charge in [0.05, 0.1) is 36.7 Å². The Bertz CT molecular complexity index is 1220. The number of H-pyrrole nitrogens is 1. The van der Waals surface area contributed by atoms with Crippen molar-refractivity contribution in [2.75, 3.05) is 13.1 Å². The monoisotopic (exact) mass is 428 g/mol. The van der Waals surface area contributed by atoms with E-state index in [2.05, 4.69) is 27.4 Å². The summed E-state index contributed by atoms with van der Waals surface area (Å²) in [6.07, 6.45) is 8.06. The van der Waals surface area contributed by atoms with Crippen LogP contribution in [0.2, 0.25) is 0 Å². The molecule has 7 heteroatoms. The number of pyridine rings is 1. The maximum absolute atomic E-state index is 13.4. The zero-order valence-corrected chi connectivity index (χ0v) is 17.5. The number of nitrogens with zero attached hydrogens (tertiary/aromatic N) is 2. The SMILES string of the molecule is O=C(NCc1ccccn1)[C@@H]1[C@H]2C=C[C@@]3(CN(CCc4c[nH]c5ccccc45)C(=O)[C@@H]13)O2. The highest BCUT2D eigenvalue weighted by Crippen LogP contribution is 2.51. The van der Waals surface area contributed by atoms with Gasteiger partial charge in [-0.3, -0.25) is 14.6 Å². The third kappa shape index (κ3) is 2.96. The second kappa shape index (κ2) is 7.31. The van der Waals surface area contributed by atoms with Crippen molar-refractivity contribution < 1.29 is 14.3 Å². The average Bonchev–Trinajstić information content (AvgIpc) is 3.56. The summed E-state index contributed by atoms with van der Waals surface area (Å²) < 4.78 is 6.22. The van der Waals surface area contributed by atoms with Crippen LogP contribution < -0.4 is 5.32 Å². The Morgan fingerprint density at radius 1 is 1.25 bits per heavy atom. The van der Waals surface area contributed by atoms with E-state index >= 15 is 0 Å². The fourth-order valence-corrected chi connectivity index (χ4v) is 5.46. The fraction of sp³-hybridized carbons (Fsp3) is 0.320. The molecule has 1 aromatic carbocycles. The summed E-state index contributed by atoms with van der Waals surface area (Å²) in [5.41, 5.74) is 2.39. The Kier molecular flexibility index (Phi) is 4.40. The molecule has 3 aliphatic rings. The summed E-state index contributed by atoms with van der Waals surface area (Å²) in [6.45, 7) is 1.43. The van der Waals surface area contributed by atoms with E-state index in [1.54, 1.807) is 6.20 Å². The van der Waals surface area contributed by atoms with Crippen molar-refractivity contribution in [2.24, 2.45) is 11.8 Å². The van der Waals surface area contributed by atoms with E-state index in [0.29, 0.717) is 19.6 Å². The predicted octanol–water partition coefficient (Wildman–Crippen LogP) is 2.20. The topological polar surface area (TPSA) is 87.3 Å². The fourth-order valence-electron chi connectivity index (χ4n) is 5.46. The molecule has 2 N–H and O–H groups in total. The first-order valence-corrected chi connectivity index (χ1v) is 11.0. The lowest BCUT2D eigenvalue weighted by Gasteiger charge is -2.23. The minimum Gasteiger partial charge on any atom is -0.361 e. The molecule has 6 rings (SSSR count). The molecule has 5 heterocycles. The van der Waals surface area contributed by atoms with Crippen LogP contribution in [0.25, 0.3) is 10.9 Å². The first-order chi connectivity index (χ1) is 15.6. The minimum absolute atomic E-state index is 0.00896. The summed E-state index contributed by atoms with van der Waals surface area (Å²) in [5.74, 6) is -1.11. The zero-order valence-electron chi connectivity index (χ0n) is 17.5. The molecular formula is C25H24N4O3. The molecule has 0 radical (unpaired) electrons. The molecular weight excluding hydrogens is 404 g/mol. The number of carbonyl (C=O) groups excluding carboxylic acids is 2. The normalized spacial score (nSPS) is 27.9. The number of likely N-dealkylation sites (tertiary alicyclic amines) is 1. The minimum atomic E-state index is -0.686. The number of nitrogens with one attached hydrogen (secondary N) is 2. The van der Waals surface area contributed by atoms with Crippen LogP contribution in [0.15, 0.2) is 67.0 Å². The van der Waals surface area contributed by atoms with Gasteiger partial charge in [0.2, 0.25) is 11.8 Å². The van der Waals surface area contributed by atoms with Crippen LogP contribution >= 0.6 is 0 Å². The van der Waals surface area contributed by atoms with Crippen molar-refractivity contribution >= 4 is 22.7 Å². The molecule has 0 aliphatic carbocycles. The number of hydrogen-bond donors (Lipinski definition) is 2. The number of benzene rings is 1. The maximum atomic E-state index is 13.4. The van der Waals surface area contributed by atoms with E-state index in [1.807, 2.05) is 53.6 Å². The Labute approximate surface area is 185 Å². The predicted molar refractivity (Wildman–Crippen MR) is 118 cm³/mol. The third-order valence-corrected chi connectivity index (χ3v) is 6.98. The molecule has 1 spiro atoms. The van der Waals surface area contributed by atoms with Gasteiger partial charge in [-0.15, -0.1) is 0 Å². The standard InChI is InChI=1S/C25H24N4O3/c30-23(28-14-17-5-3-4-11-26-17)21-20-8-10-25(32-20)15-29(24(31)22(21)25)12-9-16-13-27-19-7-2-1-6-18(16)19/h1-8,10-11,13,20-22,27H,9,12,14-15H2,(H,28,30)/t20-,21-,22-,25+/m1/s1. The second-order valence-electron chi connectivity index (χ2n) is 8.81. The summed E-state index contributed by atoms with van der Waals surface area (Å²) in [4.78, 5) is 35.9. The van der Waals surface area contributed by atoms with Gasteiger partial charge in [-0.05, 0) is 30.2 Å². The van der Waals surface area contributed by atoms with Gasteiger partial charge in [0, 0.05) is 29.8 Å². The number of aromatic amines is 1. The van der Waals surface area contributed by atoms with Gasteiger partial charge >= 0.3 is 0 Å². The van der Waals surface area contributed by atoms with Crippen LogP contribution in [0.5, 0.6) is 0 Å². The van der Waals surface area contributed by atoms with Crippen LogP contribution in [-0.2, 0) is 27.3 Å². The molecule has 2 bridgehead atoms. The second-order valence-corrected chi connectivity index (χ2v) is 8.81. The molecule has 2 aromatic heterocycles. The molecule has 2 amide bonds. The summed E-state index contributed by atoms with van der Waals surface area (Å²) >= 11 is 0. The van der Waals surface area contributed by atoms with Gasteiger partial charge in [-0.2, -0.15) is 0 Å². The van der Waals surface area contributed by atoms with Gasteiger partial charge in [0.15, 0.2) is 0 Å². The Morgan fingerprint density at radius 2 is 2.12 bits per heavy atom. The Balaban J connectivity index is 1.17. The summed E-state index contributed by atoms with van der Waals surface area (Å²) in [7, 11) is 0. The quantitative estimate of drug-likeness (QED) is 0.590. The number of fused-ring (bicyclic) bond motifs is 2. The molecule has 2 fully saturated rings. The van der Waals surface area contributed by atoms with Gasteiger partial charge in [0.25, 0.3) is 0 Å². The number of amides is 2. The Morgan fingerprint density at radius 3 is 3.00 bits per heavy atom. The number of hydrogen-bond acceptors (Lipinski definition) is 4. The summed E-state index contributed by atoms with van der Waals surface area (Å²) in [5, 5.41) is 4.14. The molecule has 0 unspecified atom stereocenters. The van der Waals surface area contributed by atoms with E-state index in [0.717, 1.165) is 17.6 Å². The lowest BCUT2D eigenvalue weighted by atomic mass is 9.77. The van der Waals surface area contributed by atoms with Crippen molar-refractivity contribution in [3.05, 3.63) is 78.3 Å². The molecule has 7 nitrogen and oxygen atoms in total. The number of para-hydroxylation sites is 1. The van der Waals surface area contributed by atoms with E-state index in [1.165, 1.54) is 10.9 Å². The molecule has 4 atom stereocenters. The molecule has 0 saturated carbocycles. The van der Waals surface area contributed by atoms with Crippen molar-refractivity contribution in [1.29, 1.82) is 0 Å². The van der Waals surface area contributed by atoms with Crippen LogP contribution in [0.3, 0.4) is 0 Å². The lowest BCUT2D eigenvalue weighted by Crippen LogP contribution is -2.44. The van der Waals surface area contributed by atoms with Crippen molar-refractivity contribution in [3.8, 4) is 0 Å². The van der Waals surface area contributed by atoms with Crippen LogP contribution in [-0.4, -0.2) is 51.5 Å². The third-order valence-electron chi connectivity index (χ3n) is 6.98. The number of ether oxygens (including phenoxy) is 1. The van der Waals surface area contributed by atoms with Crippen LogP contribution in [0.4, 0.5) is 0 Å². The van der Waals surface area contributed by atoms with Gasteiger partial charge in [0.1, 0.15) is 5.60 Å². The van der Waals surface area contributed by atoms with Crippen molar-refractivity contribution in [1.82, 2.24) is 20.2 Å². The first-order valence-electron chi connectivity index (χ1n) is 11.0. The van der Waals surface area contributed by atoms with Crippen LogP contribution in [0.1, 0.15) is 11.3 Å². The highest BCUT2D eigenvalue weighted by molar-refractivity contribution is 5.93.